The molecule has 6 nitrogen and oxygen atoms in total. The van der Waals surface area contributed by atoms with Crippen molar-refractivity contribution < 1.29 is 13.2 Å². The SMILES string of the molecule is CCNCCCN(C)S(=O)(=O)Nc1cccc(COC)c1. The maximum Gasteiger partial charge on any atom is 0.301 e. The fourth-order valence-electron chi connectivity index (χ4n) is 1.84. The molecule has 1 aromatic rings. The van der Waals surface area contributed by atoms with Crippen LogP contribution in [0.5, 0.6) is 0 Å². The lowest BCUT2D eigenvalue weighted by Gasteiger charge is -2.18. The Morgan fingerprint density at radius 3 is 2.76 bits per heavy atom. The van der Waals surface area contributed by atoms with Gasteiger partial charge in [-0.15, -0.1) is 0 Å². The van der Waals surface area contributed by atoms with Crippen molar-refractivity contribution in [3.63, 3.8) is 0 Å². The number of methoxy groups -OCH3 is 1. The van der Waals surface area contributed by atoms with Crippen molar-refractivity contribution in [1.29, 1.82) is 0 Å². The molecule has 0 aromatic heterocycles. The molecule has 0 amide bonds. The van der Waals surface area contributed by atoms with E-state index in [-0.39, 0.29) is 0 Å². The van der Waals surface area contributed by atoms with E-state index in [1.165, 1.54) is 4.31 Å². The van der Waals surface area contributed by atoms with Gasteiger partial charge in [0.25, 0.3) is 0 Å². The standard InChI is InChI=1S/C14H25N3O3S/c1-4-15-9-6-10-17(2)21(18,19)16-14-8-5-7-13(11-14)12-20-3/h5,7-8,11,15-16H,4,6,9-10,12H2,1-3H3. The third-order valence-electron chi connectivity index (χ3n) is 2.97. The monoisotopic (exact) mass is 315 g/mol. The van der Waals surface area contributed by atoms with Gasteiger partial charge in [-0.1, -0.05) is 19.1 Å². The highest BCUT2D eigenvalue weighted by atomic mass is 32.2. The van der Waals surface area contributed by atoms with Crippen LogP contribution in [0.2, 0.25) is 0 Å². The van der Waals surface area contributed by atoms with E-state index < -0.39 is 10.2 Å². The van der Waals surface area contributed by atoms with Crippen molar-refractivity contribution in [2.45, 2.75) is 20.0 Å². The molecule has 0 saturated carbocycles. The van der Waals surface area contributed by atoms with Crippen molar-refractivity contribution in [2.24, 2.45) is 0 Å². The fourth-order valence-corrected chi connectivity index (χ4v) is 2.79. The first kappa shape index (κ1) is 17.9. The molecule has 0 heterocycles. The Morgan fingerprint density at radius 2 is 2.10 bits per heavy atom. The van der Waals surface area contributed by atoms with Gasteiger partial charge in [-0.25, -0.2) is 0 Å². The maximum atomic E-state index is 12.2. The summed E-state index contributed by atoms with van der Waals surface area (Å²) >= 11 is 0. The van der Waals surface area contributed by atoms with Gasteiger partial charge in [0.1, 0.15) is 0 Å². The second kappa shape index (κ2) is 8.99. The molecular formula is C14H25N3O3S. The minimum absolute atomic E-state index is 0.452. The van der Waals surface area contributed by atoms with Gasteiger partial charge in [0.15, 0.2) is 0 Å². The molecular weight excluding hydrogens is 290 g/mol. The molecule has 0 aliphatic rings. The van der Waals surface area contributed by atoms with Crippen LogP contribution in [0, 0.1) is 0 Å². The average molecular weight is 315 g/mol. The summed E-state index contributed by atoms with van der Waals surface area (Å²) in [7, 11) is -0.335. The molecule has 0 aliphatic carbocycles. The van der Waals surface area contributed by atoms with Crippen LogP contribution in [-0.4, -0.2) is 46.5 Å². The van der Waals surface area contributed by atoms with Crippen molar-refractivity contribution >= 4 is 15.9 Å². The largest absolute Gasteiger partial charge is 0.380 e. The Balaban J connectivity index is 2.60. The molecule has 0 spiro atoms. The van der Waals surface area contributed by atoms with Crippen LogP contribution in [0.15, 0.2) is 24.3 Å². The molecule has 0 fully saturated rings. The number of nitrogens with zero attached hydrogens (tertiary/aromatic N) is 1. The highest BCUT2D eigenvalue weighted by Gasteiger charge is 2.17. The first-order chi connectivity index (χ1) is 9.99. The molecule has 0 radical (unpaired) electrons. The van der Waals surface area contributed by atoms with E-state index in [9.17, 15) is 8.42 Å². The second-order valence-corrected chi connectivity index (χ2v) is 6.55. The Morgan fingerprint density at radius 1 is 1.33 bits per heavy atom. The van der Waals surface area contributed by atoms with E-state index in [0.29, 0.717) is 18.8 Å². The minimum Gasteiger partial charge on any atom is -0.380 e. The van der Waals surface area contributed by atoms with Gasteiger partial charge in [-0.05, 0) is 37.2 Å². The normalized spacial score (nSPS) is 11.8. The van der Waals surface area contributed by atoms with Crippen LogP contribution < -0.4 is 10.0 Å². The van der Waals surface area contributed by atoms with Crippen LogP contribution in [0.1, 0.15) is 18.9 Å². The zero-order chi connectivity index (χ0) is 15.7. The highest BCUT2D eigenvalue weighted by molar-refractivity contribution is 7.90. The van der Waals surface area contributed by atoms with Crippen LogP contribution in [0.25, 0.3) is 0 Å². The molecule has 0 aliphatic heterocycles. The van der Waals surface area contributed by atoms with Crippen LogP contribution in [0.3, 0.4) is 0 Å². The Hall–Kier alpha value is -1.15. The molecule has 120 valence electrons. The van der Waals surface area contributed by atoms with Gasteiger partial charge >= 0.3 is 10.2 Å². The fraction of sp³-hybridized carbons (Fsp3) is 0.571. The van der Waals surface area contributed by atoms with Crippen molar-refractivity contribution in [3.05, 3.63) is 29.8 Å². The summed E-state index contributed by atoms with van der Waals surface area (Å²) in [4.78, 5) is 0. The average Bonchev–Trinajstić information content (AvgIpc) is 2.43. The molecule has 1 aromatic carbocycles. The Labute approximate surface area is 127 Å². The lowest BCUT2D eigenvalue weighted by Crippen LogP contribution is -2.34. The quantitative estimate of drug-likeness (QED) is 0.641. The second-order valence-electron chi connectivity index (χ2n) is 4.77. The van der Waals surface area contributed by atoms with Crippen molar-refractivity contribution in [2.75, 3.05) is 38.5 Å². The number of rotatable bonds is 10. The summed E-state index contributed by atoms with van der Waals surface area (Å²) in [5, 5.41) is 3.17. The number of hydrogen-bond donors (Lipinski definition) is 2. The number of anilines is 1. The van der Waals surface area contributed by atoms with Crippen LogP contribution >= 0.6 is 0 Å². The Bertz CT molecular complexity index is 520. The lowest BCUT2D eigenvalue weighted by atomic mass is 10.2. The zero-order valence-electron chi connectivity index (χ0n) is 12.9. The van der Waals surface area contributed by atoms with Crippen molar-refractivity contribution in [3.8, 4) is 0 Å². The van der Waals surface area contributed by atoms with E-state index in [4.69, 9.17) is 4.74 Å². The van der Waals surface area contributed by atoms with Crippen LogP contribution in [-0.2, 0) is 21.6 Å². The molecule has 0 unspecified atom stereocenters. The molecule has 0 bridgehead atoms. The summed E-state index contributed by atoms with van der Waals surface area (Å²) < 4.78 is 33.3. The highest BCUT2D eigenvalue weighted by Crippen LogP contribution is 2.14. The summed E-state index contributed by atoms with van der Waals surface area (Å²) in [6.45, 7) is 4.64. The zero-order valence-corrected chi connectivity index (χ0v) is 13.7. The lowest BCUT2D eigenvalue weighted by molar-refractivity contribution is 0.185. The number of ether oxygens (including phenoxy) is 1. The first-order valence-corrected chi connectivity index (χ1v) is 8.46. The third kappa shape index (κ3) is 6.43. The van der Waals surface area contributed by atoms with E-state index in [0.717, 1.165) is 25.1 Å². The Kier molecular flexibility index (Phi) is 7.66. The van der Waals surface area contributed by atoms with Gasteiger partial charge in [-0.2, -0.15) is 12.7 Å². The van der Waals surface area contributed by atoms with Crippen molar-refractivity contribution in [1.82, 2.24) is 9.62 Å². The predicted octanol–water partition coefficient (Wildman–Crippen LogP) is 1.42. The van der Waals surface area contributed by atoms with Gasteiger partial charge in [0.05, 0.1) is 12.3 Å². The minimum atomic E-state index is -3.52. The molecule has 7 heteroatoms. The summed E-state index contributed by atoms with van der Waals surface area (Å²) in [6.07, 6.45) is 0.773. The van der Waals surface area contributed by atoms with Gasteiger partial charge < -0.3 is 10.1 Å². The summed E-state index contributed by atoms with van der Waals surface area (Å²) in [5.74, 6) is 0. The smallest absolute Gasteiger partial charge is 0.301 e. The summed E-state index contributed by atoms with van der Waals surface area (Å²) in [6, 6.07) is 7.19. The van der Waals surface area contributed by atoms with Gasteiger partial charge in [0.2, 0.25) is 0 Å². The topological polar surface area (TPSA) is 70.7 Å². The maximum absolute atomic E-state index is 12.2. The number of nitrogens with one attached hydrogen (secondary N) is 2. The molecule has 21 heavy (non-hydrogen) atoms. The first-order valence-electron chi connectivity index (χ1n) is 7.02. The molecule has 1 rings (SSSR count). The number of benzene rings is 1. The van der Waals surface area contributed by atoms with Gasteiger partial charge in [0, 0.05) is 20.7 Å². The third-order valence-corrected chi connectivity index (χ3v) is 4.47. The molecule has 2 N–H and O–H groups in total. The molecule has 0 atom stereocenters. The summed E-state index contributed by atoms with van der Waals surface area (Å²) in [5.41, 5.74) is 1.47. The van der Waals surface area contributed by atoms with E-state index in [2.05, 4.69) is 10.0 Å². The van der Waals surface area contributed by atoms with E-state index in [1.54, 1.807) is 32.4 Å². The number of hydrogen-bond acceptors (Lipinski definition) is 4. The van der Waals surface area contributed by atoms with E-state index >= 15 is 0 Å². The molecule has 0 saturated heterocycles. The van der Waals surface area contributed by atoms with Gasteiger partial charge in [-0.3, -0.25) is 4.72 Å². The predicted molar refractivity (Wildman–Crippen MR) is 85.5 cm³/mol. The van der Waals surface area contributed by atoms with E-state index in [1.807, 2.05) is 13.0 Å². The van der Waals surface area contributed by atoms with Crippen LogP contribution in [0.4, 0.5) is 5.69 Å².